The predicted octanol–water partition coefficient (Wildman–Crippen LogP) is 1.54. The molecule has 6 nitrogen and oxygen atoms in total. The van der Waals surface area contributed by atoms with E-state index in [2.05, 4.69) is 5.32 Å². The van der Waals surface area contributed by atoms with E-state index in [9.17, 15) is 18.0 Å². The van der Waals surface area contributed by atoms with Gasteiger partial charge < -0.3 is 10.4 Å². The number of hydrogen-bond donors (Lipinski definition) is 2. The summed E-state index contributed by atoms with van der Waals surface area (Å²) in [5, 5.41) is 11.8. The molecule has 1 aliphatic rings. The maximum atomic E-state index is 12.2. The first kappa shape index (κ1) is 17.5. The molecule has 0 atom stereocenters. The van der Waals surface area contributed by atoms with Crippen LogP contribution in [-0.4, -0.2) is 36.7 Å². The van der Waals surface area contributed by atoms with Gasteiger partial charge in [-0.05, 0) is 37.0 Å². The molecule has 7 heteroatoms. The monoisotopic (exact) mass is 339 g/mol. The van der Waals surface area contributed by atoms with Gasteiger partial charge in [-0.25, -0.2) is 8.42 Å². The minimum atomic E-state index is -3.31. The highest BCUT2D eigenvalue weighted by atomic mass is 32.2. The third-order valence-electron chi connectivity index (χ3n) is 4.21. The van der Waals surface area contributed by atoms with Gasteiger partial charge in [0.2, 0.25) is 5.91 Å². The number of nitrogens with one attached hydrogen (secondary N) is 1. The van der Waals surface area contributed by atoms with E-state index in [1.165, 1.54) is 12.1 Å². The topological polar surface area (TPSA) is 101 Å². The fraction of sp³-hybridized carbons (Fsp3) is 0.500. The van der Waals surface area contributed by atoms with Gasteiger partial charge in [-0.3, -0.25) is 9.59 Å². The van der Waals surface area contributed by atoms with E-state index >= 15 is 0 Å². The Bertz CT molecular complexity index is 707. The van der Waals surface area contributed by atoms with Crippen LogP contribution >= 0.6 is 0 Å². The van der Waals surface area contributed by atoms with Crippen LogP contribution in [0.25, 0.3) is 0 Å². The zero-order valence-corrected chi connectivity index (χ0v) is 13.9. The van der Waals surface area contributed by atoms with Crippen molar-refractivity contribution in [3.8, 4) is 0 Å². The number of carboxylic acid groups (broad SMARTS) is 1. The third kappa shape index (κ3) is 4.31. The van der Waals surface area contributed by atoms with Crippen molar-refractivity contribution in [1.82, 2.24) is 5.32 Å². The van der Waals surface area contributed by atoms with Gasteiger partial charge in [-0.15, -0.1) is 0 Å². The number of rotatable bonds is 7. The van der Waals surface area contributed by atoms with Crippen molar-refractivity contribution in [3.05, 3.63) is 29.8 Å². The van der Waals surface area contributed by atoms with Crippen LogP contribution in [0, 0.1) is 0 Å². The summed E-state index contributed by atoms with van der Waals surface area (Å²) >= 11 is 0. The Balaban J connectivity index is 2.06. The molecule has 0 saturated heterocycles. The fourth-order valence-corrected chi connectivity index (χ4v) is 3.73. The third-order valence-corrected chi connectivity index (χ3v) is 5.94. The molecule has 1 aromatic rings. The summed E-state index contributed by atoms with van der Waals surface area (Å²) in [6.07, 6.45) is 2.18. The molecule has 126 valence electrons. The van der Waals surface area contributed by atoms with Crippen LogP contribution < -0.4 is 5.32 Å². The number of amides is 1. The van der Waals surface area contributed by atoms with Gasteiger partial charge in [0.15, 0.2) is 9.84 Å². The molecule has 0 unspecified atom stereocenters. The summed E-state index contributed by atoms with van der Waals surface area (Å²) in [6.45, 7) is 1.57. The molecule has 1 saturated carbocycles. The van der Waals surface area contributed by atoms with Gasteiger partial charge in [0.25, 0.3) is 0 Å². The van der Waals surface area contributed by atoms with Crippen LogP contribution in [0.2, 0.25) is 0 Å². The minimum absolute atomic E-state index is 0.00434. The van der Waals surface area contributed by atoms with Crippen molar-refractivity contribution in [1.29, 1.82) is 0 Å². The Hall–Kier alpha value is -1.89. The van der Waals surface area contributed by atoms with E-state index < -0.39 is 21.3 Å². The van der Waals surface area contributed by atoms with Crippen LogP contribution in [0.5, 0.6) is 0 Å². The molecule has 0 radical (unpaired) electrons. The lowest BCUT2D eigenvalue weighted by molar-refractivity contribution is -0.140. The normalized spacial score (nSPS) is 16.4. The van der Waals surface area contributed by atoms with Crippen molar-refractivity contribution < 1.29 is 23.1 Å². The molecule has 1 aromatic carbocycles. The highest BCUT2D eigenvalue weighted by Crippen LogP contribution is 2.35. The number of benzene rings is 1. The van der Waals surface area contributed by atoms with E-state index in [-0.39, 0.29) is 29.4 Å². The smallest absolute Gasteiger partial charge is 0.305 e. The standard InChI is InChI=1S/C16H21NO5S/c1-2-23(21,22)13-6-3-5-12(9-13)10-14(18)17-16(7-4-8-16)11-15(19)20/h3,5-6,9H,2,4,7-8,10-11H2,1H3,(H,17,18)(H,19,20). The van der Waals surface area contributed by atoms with Crippen LogP contribution in [0.1, 0.15) is 38.2 Å². The highest BCUT2D eigenvalue weighted by Gasteiger charge is 2.40. The Morgan fingerprint density at radius 3 is 2.52 bits per heavy atom. The summed E-state index contributed by atoms with van der Waals surface area (Å²) in [6, 6.07) is 6.32. The number of carboxylic acids is 1. The molecule has 1 fully saturated rings. The lowest BCUT2D eigenvalue weighted by Gasteiger charge is -2.41. The molecule has 0 heterocycles. The van der Waals surface area contributed by atoms with Crippen molar-refractivity contribution in [2.45, 2.75) is 49.5 Å². The van der Waals surface area contributed by atoms with Gasteiger partial charge in [0.1, 0.15) is 0 Å². The molecule has 0 aromatic heterocycles. The maximum absolute atomic E-state index is 12.2. The number of carbonyl (C=O) groups excluding carboxylic acids is 1. The highest BCUT2D eigenvalue weighted by molar-refractivity contribution is 7.91. The van der Waals surface area contributed by atoms with E-state index in [1.54, 1.807) is 19.1 Å². The molecule has 2 rings (SSSR count). The quantitative estimate of drug-likeness (QED) is 0.785. The summed E-state index contributed by atoms with van der Waals surface area (Å²) in [5.74, 6) is -1.21. The molecule has 0 aliphatic heterocycles. The summed E-state index contributed by atoms with van der Waals surface area (Å²) in [7, 11) is -3.31. The fourth-order valence-electron chi connectivity index (χ4n) is 2.78. The first-order chi connectivity index (χ1) is 10.8. The van der Waals surface area contributed by atoms with Gasteiger partial charge >= 0.3 is 5.97 Å². The molecule has 0 spiro atoms. The molecule has 1 amide bonds. The number of carbonyl (C=O) groups is 2. The molecule has 1 aliphatic carbocycles. The number of aliphatic carboxylic acids is 1. The number of hydrogen-bond acceptors (Lipinski definition) is 4. The summed E-state index contributed by atoms with van der Waals surface area (Å²) in [4.78, 5) is 23.3. The molecule has 23 heavy (non-hydrogen) atoms. The van der Waals surface area contributed by atoms with Crippen molar-refractivity contribution >= 4 is 21.7 Å². The Morgan fingerprint density at radius 1 is 1.30 bits per heavy atom. The predicted molar refractivity (Wildman–Crippen MR) is 84.9 cm³/mol. The SMILES string of the molecule is CCS(=O)(=O)c1cccc(CC(=O)NC2(CC(=O)O)CCC2)c1. The van der Waals surface area contributed by atoms with Gasteiger partial charge in [-0.2, -0.15) is 0 Å². The second kappa shape index (κ2) is 6.70. The second-order valence-electron chi connectivity index (χ2n) is 5.98. The Kier molecular flexibility index (Phi) is 5.09. The molecular weight excluding hydrogens is 318 g/mol. The molecule has 2 N–H and O–H groups in total. The van der Waals surface area contributed by atoms with E-state index in [0.29, 0.717) is 18.4 Å². The van der Waals surface area contributed by atoms with Gasteiger partial charge in [0.05, 0.1) is 29.0 Å². The average Bonchev–Trinajstić information content (AvgIpc) is 2.44. The maximum Gasteiger partial charge on any atom is 0.305 e. The average molecular weight is 339 g/mol. The second-order valence-corrected chi connectivity index (χ2v) is 8.26. The minimum Gasteiger partial charge on any atom is -0.481 e. The van der Waals surface area contributed by atoms with E-state index in [0.717, 1.165) is 6.42 Å². The van der Waals surface area contributed by atoms with Crippen molar-refractivity contribution in [2.75, 3.05) is 5.75 Å². The van der Waals surface area contributed by atoms with Gasteiger partial charge in [0, 0.05) is 0 Å². The van der Waals surface area contributed by atoms with Crippen molar-refractivity contribution in [2.24, 2.45) is 0 Å². The summed E-state index contributed by atoms with van der Waals surface area (Å²) in [5.41, 5.74) is -0.0439. The van der Waals surface area contributed by atoms with Crippen LogP contribution in [0.3, 0.4) is 0 Å². The van der Waals surface area contributed by atoms with Crippen LogP contribution in [0.15, 0.2) is 29.2 Å². The lowest BCUT2D eigenvalue weighted by atomic mass is 9.74. The lowest BCUT2D eigenvalue weighted by Crippen LogP contribution is -2.55. The Morgan fingerprint density at radius 2 is 2.00 bits per heavy atom. The van der Waals surface area contributed by atoms with E-state index in [1.807, 2.05) is 0 Å². The summed E-state index contributed by atoms with van der Waals surface area (Å²) < 4.78 is 23.8. The Labute approximate surface area is 135 Å². The number of sulfone groups is 1. The van der Waals surface area contributed by atoms with Crippen LogP contribution in [0.4, 0.5) is 0 Å². The zero-order chi connectivity index (χ0) is 17.1. The largest absolute Gasteiger partial charge is 0.481 e. The van der Waals surface area contributed by atoms with Crippen LogP contribution in [-0.2, 0) is 25.8 Å². The molecular formula is C16H21NO5S. The van der Waals surface area contributed by atoms with E-state index in [4.69, 9.17) is 5.11 Å². The van der Waals surface area contributed by atoms with Gasteiger partial charge in [-0.1, -0.05) is 19.1 Å². The van der Waals surface area contributed by atoms with Crippen molar-refractivity contribution in [3.63, 3.8) is 0 Å². The molecule has 0 bridgehead atoms. The first-order valence-electron chi connectivity index (χ1n) is 7.61. The first-order valence-corrected chi connectivity index (χ1v) is 9.26. The zero-order valence-electron chi connectivity index (χ0n) is 13.0.